The Bertz CT molecular complexity index is 561. The zero-order valence-corrected chi connectivity index (χ0v) is 11.5. The van der Waals surface area contributed by atoms with Crippen molar-refractivity contribution in [3.8, 4) is 5.75 Å². The number of aromatic hydroxyl groups is 1. The van der Waals surface area contributed by atoms with Crippen LogP contribution in [-0.4, -0.2) is 22.4 Å². The van der Waals surface area contributed by atoms with Crippen molar-refractivity contribution < 1.29 is 14.4 Å². The summed E-state index contributed by atoms with van der Waals surface area (Å²) in [6.45, 7) is 0.372. The number of benzene rings is 1. The van der Waals surface area contributed by atoms with E-state index in [1.54, 1.807) is 19.2 Å². The quantitative estimate of drug-likeness (QED) is 0.877. The molecule has 1 saturated carbocycles. The fraction of sp³-hybridized carbons (Fsp3) is 0.467. The lowest BCUT2D eigenvalue weighted by atomic mass is 9.91. The first-order chi connectivity index (χ1) is 9.76. The van der Waals surface area contributed by atoms with E-state index in [2.05, 4.69) is 10.1 Å². The average Bonchev–Trinajstić information content (AvgIpc) is 3.19. The number of phenols is 1. The maximum atomic E-state index is 9.39. The summed E-state index contributed by atoms with van der Waals surface area (Å²) >= 11 is 0. The Morgan fingerprint density at radius 2 is 2.10 bits per heavy atom. The molecule has 1 N–H and O–H groups in total. The molecule has 0 saturated heterocycles. The van der Waals surface area contributed by atoms with E-state index in [4.69, 9.17) is 9.26 Å². The van der Waals surface area contributed by atoms with Gasteiger partial charge < -0.3 is 14.4 Å². The lowest BCUT2D eigenvalue weighted by molar-refractivity contribution is 0.174. The SMILES string of the molecule is COCc1noc(CC(c2ccc(O)cc2)C2CC2)n1. The van der Waals surface area contributed by atoms with Gasteiger partial charge in [0, 0.05) is 13.5 Å². The molecule has 1 atom stereocenters. The second kappa shape index (κ2) is 5.63. The van der Waals surface area contributed by atoms with Gasteiger partial charge in [0.15, 0.2) is 5.82 Å². The highest BCUT2D eigenvalue weighted by Crippen LogP contribution is 2.44. The van der Waals surface area contributed by atoms with Crippen molar-refractivity contribution in [1.29, 1.82) is 0 Å². The predicted octanol–water partition coefficient (Wildman–Crippen LogP) is 2.66. The van der Waals surface area contributed by atoms with E-state index in [0.29, 0.717) is 35.9 Å². The number of ether oxygens (including phenoxy) is 1. The van der Waals surface area contributed by atoms with E-state index in [-0.39, 0.29) is 0 Å². The van der Waals surface area contributed by atoms with Crippen LogP contribution in [0.25, 0.3) is 0 Å². The molecular weight excluding hydrogens is 256 g/mol. The molecule has 5 heteroatoms. The Labute approximate surface area is 117 Å². The maximum Gasteiger partial charge on any atom is 0.227 e. The summed E-state index contributed by atoms with van der Waals surface area (Å²) in [5.41, 5.74) is 1.22. The first-order valence-electron chi connectivity index (χ1n) is 6.85. The molecule has 1 unspecified atom stereocenters. The Balaban J connectivity index is 1.75. The minimum atomic E-state index is 0.295. The summed E-state index contributed by atoms with van der Waals surface area (Å²) in [7, 11) is 1.61. The van der Waals surface area contributed by atoms with Gasteiger partial charge in [-0.1, -0.05) is 17.3 Å². The van der Waals surface area contributed by atoms with Gasteiger partial charge in [0.1, 0.15) is 12.4 Å². The van der Waals surface area contributed by atoms with Crippen LogP contribution in [0.3, 0.4) is 0 Å². The van der Waals surface area contributed by atoms with Gasteiger partial charge in [-0.3, -0.25) is 0 Å². The van der Waals surface area contributed by atoms with Crippen molar-refractivity contribution in [3.63, 3.8) is 0 Å². The van der Waals surface area contributed by atoms with E-state index in [0.717, 1.165) is 6.42 Å². The lowest BCUT2D eigenvalue weighted by Gasteiger charge is -2.14. The van der Waals surface area contributed by atoms with Crippen LogP contribution in [0.2, 0.25) is 0 Å². The van der Waals surface area contributed by atoms with Gasteiger partial charge in [0.2, 0.25) is 5.89 Å². The first-order valence-corrected chi connectivity index (χ1v) is 6.85. The lowest BCUT2D eigenvalue weighted by Crippen LogP contribution is -2.06. The zero-order chi connectivity index (χ0) is 13.9. The Kier molecular flexibility index (Phi) is 3.69. The van der Waals surface area contributed by atoms with Gasteiger partial charge in [-0.2, -0.15) is 4.98 Å². The number of nitrogens with zero attached hydrogens (tertiary/aromatic N) is 2. The summed E-state index contributed by atoms with van der Waals surface area (Å²) < 4.78 is 10.3. The minimum absolute atomic E-state index is 0.295. The number of aromatic nitrogens is 2. The molecule has 1 aliphatic rings. The predicted molar refractivity (Wildman–Crippen MR) is 72.3 cm³/mol. The van der Waals surface area contributed by atoms with E-state index in [9.17, 15) is 5.11 Å². The Hall–Kier alpha value is -1.88. The van der Waals surface area contributed by atoms with Crippen molar-refractivity contribution >= 4 is 0 Å². The summed E-state index contributed by atoms with van der Waals surface area (Å²) in [5, 5.41) is 13.3. The summed E-state index contributed by atoms with van der Waals surface area (Å²) in [6, 6.07) is 7.42. The monoisotopic (exact) mass is 274 g/mol. The molecule has 2 aromatic rings. The highest BCUT2D eigenvalue weighted by Gasteiger charge is 2.33. The number of hydrogen-bond acceptors (Lipinski definition) is 5. The number of hydrogen-bond donors (Lipinski definition) is 1. The highest BCUT2D eigenvalue weighted by molar-refractivity contribution is 5.30. The molecule has 0 aliphatic heterocycles. The number of rotatable bonds is 6. The van der Waals surface area contributed by atoms with E-state index in [1.165, 1.54) is 18.4 Å². The second-order valence-electron chi connectivity index (χ2n) is 5.28. The van der Waals surface area contributed by atoms with Crippen LogP contribution < -0.4 is 0 Å². The summed E-state index contributed by atoms with van der Waals surface area (Å²) in [5.74, 6) is 2.59. The van der Waals surface area contributed by atoms with Gasteiger partial charge in [0.25, 0.3) is 0 Å². The second-order valence-corrected chi connectivity index (χ2v) is 5.28. The Morgan fingerprint density at radius 3 is 2.75 bits per heavy atom. The fourth-order valence-electron chi connectivity index (χ4n) is 2.53. The molecule has 3 rings (SSSR count). The van der Waals surface area contributed by atoms with Crippen LogP contribution in [0, 0.1) is 5.92 Å². The topological polar surface area (TPSA) is 68.4 Å². The normalized spacial score (nSPS) is 16.2. The summed E-state index contributed by atoms with van der Waals surface area (Å²) in [4.78, 5) is 4.34. The molecule has 1 fully saturated rings. The van der Waals surface area contributed by atoms with Crippen LogP contribution in [0.15, 0.2) is 28.8 Å². The van der Waals surface area contributed by atoms with Crippen molar-refractivity contribution in [3.05, 3.63) is 41.5 Å². The van der Waals surface area contributed by atoms with Crippen molar-refractivity contribution in [2.45, 2.75) is 31.8 Å². The Morgan fingerprint density at radius 1 is 1.35 bits per heavy atom. The van der Waals surface area contributed by atoms with Crippen LogP contribution in [0.1, 0.15) is 36.0 Å². The molecule has 1 aliphatic carbocycles. The molecule has 0 bridgehead atoms. The van der Waals surface area contributed by atoms with Gasteiger partial charge in [-0.05, 0) is 42.4 Å². The van der Waals surface area contributed by atoms with Crippen molar-refractivity contribution in [2.75, 3.05) is 7.11 Å². The third-order valence-corrected chi connectivity index (χ3v) is 3.69. The molecule has 20 heavy (non-hydrogen) atoms. The van der Waals surface area contributed by atoms with Gasteiger partial charge in [0.05, 0.1) is 0 Å². The van der Waals surface area contributed by atoms with E-state index >= 15 is 0 Å². The molecule has 0 radical (unpaired) electrons. The molecule has 0 amide bonds. The maximum absolute atomic E-state index is 9.39. The summed E-state index contributed by atoms with van der Waals surface area (Å²) in [6.07, 6.45) is 3.22. The molecular formula is C15H18N2O3. The molecule has 1 heterocycles. The average molecular weight is 274 g/mol. The third-order valence-electron chi connectivity index (χ3n) is 3.69. The van der Waals surface area contributed by atoms with Crippen LogP contribution in [-0.2, 0) is 17.8 Å². The van der Waals surface area contributed by atoms with Crippen molar-refractivity contribution in [2.24, 2.45) is 5.92 Å². The van der Waals surface area contributed by atoms with E-state index in [1.807, 2.05) is 12.1 Å². The number of phenolic OH excluding ortho intramolecular Hbond substituents is 1. The highest BCUT2D eigenvalue weighted by atomic mass is 16.5. The van der Waals surface area contributed by atoms with Crippen LogP contribution >= 0.6 is 0 Å². The van der Waals surface area contributed by atoms with Gasteiger partial charge in [-0.15, -0.1) is 0 Å². The third kappa shape index (κ3) is 2.99. The van der Waals surface area contributed by atoms with Gasteiger partial charge in [-0.25, -0.2) is 0 Å². The zero-order valence-electron chi connectivity index (χ0n) is 11.5. The van der Waals surface area contributed by atoms with Crippen molar-refractivity contribution in [1.82, 2.24) is 10.1 Å². The molecule has 106 valence electrons. The molecule has 5 nitrogen and oxygen atoms in total. The first kappa shape index (κ1) is 13.1. The van der Waals surface area contributed by atoms with Crippen LogP contribution in [0.5, 0.6) is 5.75 Å². The van der Waals surface area contributed by atoms with Crippen LogP contribution in [0.4, 0.5) is 0 Å². The standard InChI is InChI=1S/C15H18N2O3/c1-19-9-14-16-15(20-17-14)8-13(10-2-3-10)11-4-6-12(18)7-5-11/h4-7,10,13,18H,2-3,8-9H2,1H3. The minimum Gasteiger partial charge on any atom is -0.508 e. The smallest absolute Gasteiger partial charge is 0.227 e. The van der Waals surface area contributed by atoms with Gasteiger partial charge >= 0.3 is 0 Å². The molecule has 1 aromatic heterocycles. The molecule has 1 aromatic carbocycles. The molecule has 0 spiro atoms. The largest absolute Gasteiger partial charge is 0.508 e. The fourth-order valence-corrected chi connectivity index (χ4v) is 2.53. The van der Waals surface area contributed by atoms with E-state index < -0.39 is 0 Å². The number of methoxy groups -OCH3 is 1.